The molecule has 1 aliphatic rings. The summed E-state index contributed by atoms with van der Waals surface area (Å²) in [7, 11) is 3.11. The summed E-state index contributed by atoms with van der Waals surface area (Å²) in [4.78, 5) is 38.2. The number of hydrogen-bond acceptors (Lipinski definition) is 7. The van der Waals surface area contributed by atoms with Crippen molar-refractivity contribution < 1.29 is 33.3 Å². The van der Waals surface area contributed by atoms with Crippen molar-refractivity contribution in [2.24, 2.45) is 0 Å². The van der Waals surface area contributed by atoms with Crippen molar-refractivity contribution in [2.75, 3.05) is 27.4 Å². The molecule has 0 spiro atoms. The highest BCUT2D eigenvalue weighted by Crippen LogP contribution is 2.44. The number of amides is 3. The van der Waals surface area contributed by atoms with Gasteiger partial charge < -0.3 is 34.9 Å². The largest absolute Gasteiger partial charge is 0.497 e. The zero-order valence-corrected chi connectivity index (χ0v) is 26.6. The molecule has 240 valence electrons. The third-order valence-corrected chi connectivity index (χ3v) is 7.49. The second-order valence-corrected chi connectivity index (χ2v) is 11.8. The minimum absolute atomic E-state index is 0.0146. The van der Waals surface area contributed by atoms with Crippen LogP contribution in [0.4, 0.5) is 9.59 Å². The molecular formula is C35H43N3O7. The molecule has 1 aliphatic carbocycles. The first-order valence-electron chi connectivity index (χ1n) is 15.2. The molecule has 10 nitrogen and oxygen atoms in total. The quantitative estimate of drug-likeness (QED) is 0.203. The van der Waals surface area contributed by atoms with Crippen molar-refractivity contribution >= 4 is 18.1 Å². The number of methoxy groups -OCH3 is 2. The molecule has 0 saturated heterocycles. The Labute approximate surface area is 264 Å². The van der Waals surface area contributed by atoms with E-state index in [9.17, 15) is 14.4 Å². The highest BCUT2D eigenvalue weighted by Gasteiger charge is 2.29. The summed E-state index contributed by atoms with van der Waals surface area (Å²) in [5.74, 6) is 0.839. The number of ether oxygens (including phenoxy) is 4. The average molecular weight is 618 g/mol. The van der Waals surface area contributed by atoms with Crippen LogP contribution in [0.3, 0.4) is 0 Å². The summed E-state index contributed by atoms with van der Waals surface area (Å²) < 4.78 is 21.6. The second kappa shape index (κ2) is 15.3. The number of carbonyl (C=O) groups is 3. The Morgan fingerprint density at radius 1 is 0.822 bits per heavy atom. The van der Waals surface area contributed by atoms with Crippen molar-refractivity contribution in [3.05, 3.63) is 83.4 Å². The smallest absolute Gasteiger partial charge is 0.408 e. The minimum Gasteiger partial charge on any atom is -0.497 e. The van der Waals surface area contributed by atoms with Gasteiger partial charge in [0.2, 0.25) is 5.91 Å². The molecule has 4 rings (SSSR count). The first-order chi connectivity index (χ1) is 21.6. The van der Waals surface area contributed by atoms with Crippen LogP contribution in [0.5, 0.6) is 11.5 Å². The van der Waals surface area contributed by atoms with Gasteiger partial charge in [-0.1, -0.05) is 48.5 Å². The van der Waals surface area contributed by atoms with Crippen molar-refractivity contribution in [3.63, 3.8) is 0 Å². The van der Waals surface area contributed by atoms with E-state index in [2.05, 4.69) is 40.2 Å². The fourth-order valence-electron chi connectivity index (χ4n) is 5.34. The molecule has 10 heteroatoms. The van der Waals surface area contributed by atoms with Crippen molar-refractivity contribution in [2.45, 2.75) is 64.1 Å². The maximum Gasteiger partial charge on any atom is 0.408 e. The van der Waals surface area contributed by atoms with E-state index in [1.807, 2.05) is 30.3 Å². The predicted molar refractivity (Wildman–Crippen MR) is 171 cm³/mol. The molecular weight excluding hydrogens is 574 g/mol. The predicted octanol–water partition coefficient (Wildman–Crippen LogP) is 5.92. The molecule has 0 aromatic heterocycles. The van der Waals surface area contributed by atoms with Gasteiger partial charge >= 0.3 is 12.2 Å². The Hall–Kier alpha value is -4.73. The van der Waals surface area contributed by atoms with Crippen molar-refractivity contribution in [1.29, 1.82) is 0 Å². The third-order valence-electron chi connectivity index (χ3n) is 7.49. The van der Waals surface area contributed by atoms with Crippen LogP contribution >= 0.6 is 0 Å². The standard InChI is InChI=1S/C35H43N3O7/c1-35(2,3)45-34(41)38-30(32(39)37-21-23-17-18-24(42-4)20-31(23)43-5)16-10-11-19-36-33(40)44-22-29-27-14-8-6-12-25(27)26-13-7-9-15-28(26)29/h6-9,12-15,17-18,20,29-30H,10-11,16,19,21-22H2,1-5H3,(H,36,40)(H,37,39)(H,38,41)/t30-/m0/s1. The minimum atomic E-state index is -0.835. The van der Waals surface area contributed by atoms with Crippen LogP contribution in [0.1, 0.15) is 62.6 Å². The van der Waals surface area contributed by atoms with Gasteiger partial charge in [0, 0.05) is 30.6 Å². The number of rotatable bonds is 13. The van der Waals surface area contributed by atoms with E-state index in [1.165, 1.54) is 11.1 Å². The molecule has 0 bridgehead atoms. The molecule has 0 radical (unpaired) electrons. The Morgan fingerprint density at radius 3 is 2.11 bits per heavy atom. The lowest BCUT2D eigenvalue weighted by atomic mass is 9.98. The van der Waals surface area contributed by atoms with Crippen LogP contribution in [0.15, 0.2) is 66.7 Å². The number of carbonyl (C=O) groups excluding carboxylic acids is 3. The van der Waals surface area contributed by atoms with Gasteiger partial charge in [-0.25, -0.2) is 9.59 Å². The maximum absolute atomic E-state index is 13.2. The molecule has 0 saturated carbocycles. The van der Waals surface area contributed by atoms with E-state index in [0.717, 1.165) is 16.7 Å². The van der Waals surface area contributed by atoms with Crippen LogP contribution in [-0.2, 0) is 20.8 Å². The summed E-state index contributed by atoms with van der Waals surface area (Å²) in [5, 5.41) is 8.36. The van der Waals surface area contributed by atoms with Gasteiger partial charge in [0.25, 0.3) is 0 Å². The Balaban J connectivity index is 1.26. The number of unbranched alkanes of at least 4 members (excludes halogenated alkanes) is 1. The normalized spacial score (nSPS) is 12.7. The van der Waals surface area contributed by atoms with Crippen LogP contribution < -0.4 is 25.4 Å². The lowest BCUT2D eigenvalue weighted by Crippen LogP contribution is -2.48. The Bertz CT molecular complexity index is 1440. The SMILES string of the molecule is COc1ccc(CNC(=O)[C@H](CCCCNC(=O)OCC2c3ccccc3-c3ccccc32)NC(=O)OC(C)(C)C)c(OC)c1. The molecule has 3 aromatic rings. The molecule has 45 heavy (non-hydrogen) atoms. The van der Waals surface area contributed by atoms with Crippen molar-refractivity contribution in [1.82, 2.24) is 16.0 Å². The maximum atomic E-state index is 13.2. The van der Waals surface area contributed by atoms with Gasteiger partial charge in [-0.3, -0.25) is 4.79 Å². The molecule has 1 atom stereocenters. The molecule has 3 amide bonds. The molecule has 0 heterocycles. The van der Waals surface area contributed by atoms with Gasteiger partial charge in [-0.2, -0.15) is 0 Å². The molecule has 0 aliphatic heterocycles. The fraction of sp³-hybridized carbons (Fsp3) is 0.400. The molecule has 3 aromatic carbocycles. The van der Waals surface area contributed by atoms with Gasteiger partial charge in [-0.15, -0.1) is 0 Å². The zero-order chi connectivity index (χ0) is 32.4. The monoisotopic (exact) mass is 617 g/mol. The average Bonchev–Trinajstić information content (AvgIpc) is 3.34. The fourth-order valence-corrected chi connectivity index (χ4v) is 5.34. The summed E-state index contributed by atoms with van der Waals surface area (Å²) in [6.07, 6.45) is 0.310. The van der Waals surface area contributed by atoms with Crippen LogP contribution in [0.2, 0.25) is 0 Å². The van der Waals surface area contributed by atoms with E-state index >= 15 is 0 Å². The summed E-state index contributed by atoms with van der Waals surface area (Å²) >= 11 is 0. The van der Waals surface area contributed by atoms with E-state index in [0.29, 0.717) is 37.3 Å². The van der Waals surface area contributed by atoms with Crippen LogP contribution in [0.25, 0.3) is 11.1 Å². The first-order valence-corrected chi connectivity index (χ1v) is 15.2. The van der Waals surface area contributed by atoms with Gasteiger partial charge in [-0.05, 0) is 74.4 Å². The topological polar surface area (TPSA) is 124 Å². The highest BCUT2D eigenvalue weighted by atomic mass is 16.6. The lowest BCUT2D eigenvalue weighted by Gasteiger charge is -2.23. The number of nitrogens with one attached hydrogen (secondary N) is 3. The highest BCUT2D eigenvalue weighted by molar-refractivity contribution is 5.85. The van der Waals surface area contributed by atoms with E-state index in [4.69, 9.17) is 18.9 Å². The van der Waals surface area contributed by atoms with Gasteiger partial charge in [0.1, 0.15) is 29.7 Å². The second-order valence-electron chi connectivity index (χ2n) is 11.8. The van der Waals surface area contributed by atoms with E-state index < -0.39 is 23.8 Å². The third kappa shape index (κ3) is 9.14. The molecule has 3 N–H and O–H groups in total. The number of benzene rings is 3. The molecule has 0 fully saturated rings. The van der Waals surface area contributed by atoms with Crippen LogP contribution in [0, 0.1) is 0 Å². The summed E-state index contributed by atoms with van der Waals surface area (Å²) in [6.45, 7) is 6.06. The lowest BCUT2D eigenvalue weighted by molar-refractivity contribution is -0.123. The summed E-state index contributed by atoms with van der Waals surface area (Å²) in [6, 6.07) is 20.9. The zero-order valence-electron chi connectivity index (χ0n) is 26.6. The summed E-state index contributed by atoms with van der Waals surface area (Å²) in [5.41, 5.74) is 4.69. The van der Waals surface area contributed by atoms with Gasteiger partial charge in [0.05, 0.1) is 14.2 Å². The number of alkyl carbamates (subject to hydrolysis) is 2. The number of fused-ring (bicyclic) bond motifs is 3. The van der Waals surface area contributed by atoms with Gasteiger partial charge in [0.15, 0.2) is 0 Å². The van der Waals surface area contributed by atoms with Crippen molar-refractivity contribution in [3.8, 4) is 22.6 Å². The molecule has 0 unspecified atom stereocenters. The first kappa shape index (κ1) is 33.2. The Kier molecular flexibility index (Phi) is 11.3. The van der Waals surface area contributed by atoms with E-state index in [-0.39, 0.29) is 25.0 Å². The van der Waals surface area contributed by atoms with E-state index in [1.54, 1.807) is 47.1 Å². The number of hydrogen-bond donors (Lipinski definition) is 3. The van der Waals surface area contributed by atoms with Crippen LogP contribution in [-0.4, -0.2) is 57.1 Å². The Morgan fingerprint density at radius 2 is 1.49 bits per heavy atom.